The summed E-state index contributed by atoms with van der Waals surface area (Å²) in [7, 11) is -7.05. The van der Waals surface area contributed by atoms with Crippen LogP contribution in [0.25, 0.3) is 0 Å². The van der Waals surface area contributed by atoms with Crippen LogP contribution in [0.4, 0.5) is 0 Å². The molecule has 1 saturated heterocycles. The SMILES string of the molecule is CC(C)CNS(=O)(=O)c1ccc(OCC(=O)NCc2ccc(S(=O)(=O)N3CCCC3)cc2)cc1. The first-order valence-corrected chi connectivity index (χ1v) is 14.1. The molecule has 1 aliphatic rings. The Morgan fingerprint density at radius 1 is 0.941 bits per heavy atom. The van der Waals surface area contributed by atoms with E-state index in [4.69, 9.17) is 4.74 Å². The molecule has 0 unspecified atom stereocenters. The van der Waals surface area contributed by atoms with Gasteiger partial charge in [0.2, 0.25) is 20.0 Å². The van der Waals surface area contributed by atoms with E-state index in [2.05, 4.69) is 10.0 Å². The second kappa shape index (κ2) is 11.3. The average molecular weight is 510 g/mol. The third-order valence-corrected chi connectivity index (χ3v) is 8.65. The summed E-state index contributed by atoms with van der Waals surface area (Å²) < 4.78 is 59.0. The van der Waals surface area contributed by atoms with Gasteiger partial charge in [-0.05, 0) is 60.7 Å². The lowest BCUT2D eigenvalue weighted by atomic mass is 10.2. The van der Waals surface area contributed by atoms with Crippen LogP contribution in [0.5, 0.6) is 5.75 Å². The van der Waals surface area contributed by atoms with Gasteiger partial charge in [-0.25, -0.2) is 21.6 Å². The van der Waals surface area contributed by atoms with E-state index in [1.54, 1.807) is 24.3 Å². The third kappa shape index (κ3) is 7.02. The van der Waals surface area contributed by atoms with Gasteiger partial charge in [0.25, 0.3) is 5.91 Å². The molecule has 1 heterocycles. The molecular weight excluding hydrogens is 478 g/mol. The summed E-state index contributed by atoms with van der Waals surface area (Å²) in [6.07, 6.45) is 1.76. The molecule has 2 aromatic carbocycles. The van der Waals surface area contributed by atoms with E-state index in [0.29, 0.717) is 25.4 Å². The van der Waals surface area contributed by atoms with E-state index < -0.39 is 20.0 Å². The second-order valence-corrected chi connectivity index (χ2v) is 12.2. The number of benzene rings is 2. The van der Waals surface area contributed by atoms with Crippen molar-refractivity contribution in [2.75, 3.05) is 26.2 Å². The third-order valence-electron chi connectivity index (χ3n) is 5.30. The van der Waals surface area contributed by atoms with Crippen molar-refractivity contribution >= 4 is 26.0 Å². The number of carbonyl (C=O) groups excluding carboxylic acids is 1. The Hall–Kier alpha value is -2.47. The Bertz CT molecular complexity index is 1170. The molecule has 186 valence electrons. The van der Waals surface area contributed by atoms with Gasteiger partial charge in [0.15, 0.2) is 6.61 Å². The molecular formula is C23H31N3O6S2. The first-order chi connectivity index (χ1) is 16.1. The van der Waals surface area contributed by atoms with Crippen molar-refractivity contribution in [3.63, 3.8) is 0 Å². The molecule has 0 aromatic heterocycles. The van der Waals surface area contributed by atoms with Gasteiger partial charge < -0.3 is 10.1 Å². The van der Waals surface area contributed by atoms with Crippen molar-refractivity contribution in [1.82, 2.24) is 14.3 Å². The van der Waals surface area contributed by atoms with E-state index >= 15 is 0 Å². The number of nitrogens with zero attached hydrogens (tertiary/aromatic N) is 1. The minimum Gasteiger partial charge on any atom is -0.484 e. The quantitative estimate of drug-likeness (QED) is 0.478. The van der Waals surface area contributed by atoms with E-state index in [1.165, 1.54) is 28.6 Å². The molecule has 9 nitrogen and oxygen atoms in total. The van der Waals surface area contributed by atoms with Crippen LogP contribution in [0.3, 0.4) is 0 Å². The maximum Gasteiger partial charge on any atom is 0.258 e. The summed E-state index contributed by atoms with van der Waals surface area (Å²) >= 11 is 0. The van der Waals surface area contributed by atoms with Crippen LogP contribution in [0.1, 0.15) is 32.3 Å². The van der Waals surface area contributed by atoms with Gasteiger partial charge in [-0.3, -0.25) is 4.79 Å². The Balaban J connectivity index is 1.46. The highest BCUT2D eigenvalue weighted by molar-refractivity contribution is 7.89. The van der Waals surface area contributed by atoms with Gasteiger partial charge >= 0.3 is 0 Å². The number of sulfonamides is 2. The van der Waals surface area contributed by atoms with Gasteiger partial charge in [0.05, 0.1) is 9.79 Å². The standard InChI is InChI=1S/C23H31N3O6S2/c1-18(2)15-25-33(28,29)21-11-7-20(8-12-21)32-17-23(27)24-16-19-5-9-22(10-6-19)34(30,31)26-13-3-4-14-26/h5-12,18,25H,3-4,13-17H2,1-2H3,(H,24,27). The van der Waals surface area contributed by atoms with Crippen molar-refractivity contribution in [1.29, 1.82) is 0 Å². The molecule has 0 atom stereocenters. The lowest BCUT2D eigenvalue weighted by molar-refractivity contribution is -0.123. The van der Waals surface area contributed by atoms with Crippen LogP contribution >= 0.6 is 0 Å². The normalized spacial score (nSPS) is 14.9. The van der Waals surface area contributed by atoms with Gasteiger partial charge in [-0.1, -0.05) is 26.0 Å². The lowest BCUT2D eigenvalue weighted by Gasteiger charge is -2.15. The first-order valence-electron chi connectivity index (χ1n) is 11.2. The van der Waals surface area contributed by atoms with E-state index in [0.717, 1.165) is 18.4 Å². The van der Waals surface area contributed by atoms with Gasteiger partial charge in [-0.2, -0.15) is 4.31 Å². The summed E-state index contributed by atoms with van der Waals surface area (Å²) in [5, 5.41) is 2.72. The average Bonchev–Trinajstić information content (AvgIpc) is 3.37. The maximum absolute atomic E-state index is 12.6. The minimum absolute atomic E-state index is 0.125. The number of nitrogens with one attached hydrogen (secondary N) is 2. The van der Waals surface area contributed by atoms with Crippen LogP contribution in [0, 0.1) is 5.92 Å². The largest absolute Gasteiger partial charge is 0.484 e. The summed E-state index contributed by atoms with van der Waals surface area (Å²) in [6, 6.07) is 12.3. The van der Waals surface area contributed by atoms with Crippen molar-refractivity contribution in [2.45, 2.75) is 43.0 Å². The van der Waals surface area contributed by atoms with Crippen molar-refractivity contribution in [2.24, 2.45) is 5.92 Å². The van der Waals surface area contributed by atoms with Crippen molar-refractivity contribution in [3.05, 3.63) is 54.1 Å². The first kappa shape index (κ1) is 26.1. The summed E-state index contributed by atoms with van der Waals surface area (Å²) in [6.45, 7) is 5.27. The van der Waals surface area contributed by atoms with Crippen LogP contribution in [-0.4, -0.2) is 53.3 Å². The Morgan fingerprint density at radius 3 is 2.12 bits per heavy atom. The molecule has 0 bridgehead atoms. The molecule has 0 saturated carbocycles. The summed E-state index contributed by atoms with van der Waals surface area (Å²) in [5.74, 6) is 0.204. The highest BCUT2D eigenvalue weighted by Gasteiger charge is 2.26. The molecule has 11 heteroatoms. The van der Waals surface area contributed by atoms with Gasteiger partial charge in [-0.15, -0.1) is 0 Å². The van der Waals surface area contributed by atoms with Crippen LogP contribution in [0.15, 0.2) is 58.3 Å². The fourth-order valence-corrected chi connectivity index (χ4v) is 6.06. The molecule has 0 radical (unpaired) electrons. The van der Waals surface area contributed by atoms with Crippen LogP contribution in [-0.2, 0) is 31.4 Å². The number of carbonyl (C=O) groups is 1. The minimum atomic E-state index is -3.59. The van der Waals surface area contributed by atoms with Gasteiger partial charge in [0, 0.05) is 26.2 Å². The smallest absolute Gasteiger partial charge is 0.258 e. The Kier molecular flexibility index (Phi) is 8.69. The molecule has 1 fully saturated rings. The Morgan fingerprint density at radius 2 is 1.53 bits per heavy atom. The predicted octanol–water partition coefficient (Wildman–Crippen LogP) is 2.10. The van der Waals surface area contributed by atoms with E-state index in [9.17, 15) is 21.6 Å². The van der Waals surface area contributed by atoms with E-state index in [-0.39, 0.29) is 34.8 Å². The highest BCUT2D eigenvalue weighted by Crippen LogP contribution is 2.21. The summed E-state index contributed by atoms with van der Waals surface area (Å²) in [5.41, 5.74) is 0.761. The van der Waals surface area contributed by atoms with Crippen LogP contribution in [0.2, 0.25) is 0 Å². The Labute approximate surface area is 201 Å². The van der Waals surface area contributed by atoms with Crippen molar-refractivity contribution in [3.8, 4) is 5.75 Å². The van der Waals surface area contributed by atoms with Crippen molar-refractivity contribution < 1.29 is 26.4 Å². The number of hydrogen-bond donors (Lipinski definition) is 2. The molecule has 2 N–H and O–H groups in total. The molecule has 0 spiro atoms. The molecule has 1 amide bonds. The zero-order chi connectivity index (χ0) is 24.8. The zero-order valence-corrected chi connectivity index (χ0v) is 21.0. The molecule has 0 aliphatic carbocycles. The lowest BCUT2D eigenvalue weighted by Crippen LogP contribution is -2.29. The molecule has 34 heavy (non-hydrogen) atoms. The summed E-state index contributed by atoms with van der Waals surface area (Å²) in [4.78, 5) is 12.5. The van der Waals surface area contributed by atoms with Gasteiger partial charge in [0.1, 0.15) is 5.75 Å². The number of ether oxygens (including phenoxy) is 1. The van der Waals surface area contributed by atoms with Crippen LogP contribution < -0.4 is 14.8 Å². The molecule has 1 aliphatic heterocycles. The number of rotatable bonds is 11. The maximum atomic E-state index is 12.6. The zero-order valence-electron chi connectivity index (χ0n) is 19.4. The predicted molar refractivity (Wildman–Crippen MR) is 128 cm³/mol. The number of hydrogen-bond acceptors (Lipinski definition) is 6. The van der Waals surface area contributed by atoms with E-state index in [1.807, 2.05) is 13.8 Å². The topological polar surface area (TPSA) is 122 Å². The number of amides is 1. The molecule has 3 rings (SSSR count). The second-order valence-electron chi connectivity index (χ2n) is 8.54. The molecule has 2 aromatic rings. The monoisotopic (exact) mass is 509 g/mol. The fourth-order valence-electron chi connectivity index (χ4n) is 3.33. The fraction of sp³-hybridized carbons (Fsp3) is 0.435. The highest BCUT2D eigenvalue weighted by atomic mass is 32.2.